The zero-order valence-corrected chi connectivity index (χ0v) is 15.8. The van der Waals surface area contributed by atoms with Crippen LogP contribution >= 0.6 is 0 Å². The van der Waals surface area contributed by atoms with Gasteiger partial charge in [0.15, 0.2) is 0 Å². The van der Waals surface area contributed by atoms with Crippen molar-refractivity contribution in [2.75, 3.05) is 6.61 Å². The van der Waals surface area contributed by atoms with Gasteiger partial charge < -0.3 is 9.31 Å². The number of pyridine rings is 1. The predicted octanol–water partition coefficient (Wildman–Crippen LogP) is 4.45. The van der Waals surface area contributed by atoms with Crippen LogP contribution < -0.4 is 5.46 Å². The largest absolute Gasteiger partial charge is 0.494 e. The fraction of sp³-hybridized carbons (Fsp3) is 0.318. The second-order valence-electron chi connectivity index (χ2n) is 8.16. The summed E-state index contributed by atoms with van der Waals surface area (Å²) in [5.41, 5.74) is 2.88. The average molecular weight is 345 g/mol. The second-order valence-corrected chi connectivity index (χ2v) is 8.16. The molecule has 0 radical (unpaired) electrons. The highest BCUT2D eigenvalue weighted by Gasteiger charge is 2.46. The molecule has 0 aliphatic carbocycles. The Balaban J connectivity index is 1.63. The molecule has 132 valence electrons. The molecule has 0 unspecified atom stereocenters. The van der Waals surface area contributed by atoms with E-state index in [0.717, 1.165) is 22.1 Å². The van der Waals surface area contributed by atoms with Gasteiger partial charge in [-0.3, -0.25) is 4.98 Å². The number of hydrogen-bond acceptors (Lipinski definition) is 3. The van der Waals surface area contributed by atoms with Crippen LogP contribution in [0.4, 0.5) is 0 Å². The van der Waals surface area contributed by atoms with Crippen molar-refractivity contribution in [3.63, 3.8) is 0 Å². The Morgan fingerprint density at radius 2 is 1.65 bits per heavy atom. The topological polar surface area (TPSA) is 31.4 Å². The quantitative estimate of drug-likeness (QED) is 0.643. The van der Waals surface area contributed by atoms with Gasteiger partial charge in [-0.25, -0.2) is 0 Å². The Labute approximate surface area is 155 Å². The molecular formula is C22H24BNO2. The van der Waals surface area contributed by atoms with Gasteiger partial charge >= 0.3 is 7.12 Å². The maximum atomic E-state index is 6.25. The van der Waals surface area contributed by atoms with Gasteiger partial charge in [0.1, 0.15) is 0 Å². The highest BCUT2D eigenvalue weighted by Crippen LogP contribution is 2.38. The standard InChI is InChI=1S/C22H24BNO2/c1-21(2)15-25-23(26-22(21,3)4)18-11-9-17(10-12-18)20-19-8-6-5-7-16(19)13-14-24-20/h5-14H,15H2,1-4H3. The molecule has 0 amide bonds. The van der Waals surface area contributed by atoms with Crippen LogP contribution in [-0.4, -0.2) is 24.3 Å². The third-order valence-corrected chi connectivity index (χ3v) is 5.76. The Hall–Kier alpha value is -2.17. The van der Waals surface area contributed by atoms with Gasteiger partial charge in [0.2, 0.25) is 0 Å². The van der Waals surface area contributed by atoms with E-state index in [1.165, 1.54) is 5.39 Å². The first kappa shape index (κ1) is 17.3. The fourth-order valence-electron chi connectivity index (χ4n) is 3.23. The number of rotatable bonds is 2. The van der Waals surface area contributed by atoms with Crippen molar-refractivity contribution in [1.82, 2.24) is 4.98 Å². The Bertz CT molecular complexity index is 929. The van der Waals surface area contributed by atoms with Crippen molar-refractivity contribution in [3.8, 4) is 11.3 Å². The Kier molecular flexibility index (Phi) is 4.13. The number of nitrogens with zero attached hydrogens (tertiary/aromatic N) is 1. The average Bonchev–Trinajstić information content (AvgIpc) is 2.64. The van der Waals surface area contributed by atoms with Crippen molar-refractivity contribution in [1.29, 1.82) is 0 Å². The van der Waals surface area contributed by atoms with E-state index in [2.05, 4.69) is 81.2 Å². The lowest BCUT2D eigenvalue weighted by Crippen LogP contribution is -2.58. The summed E-state index contributed by atoms with van der Waals surface area (Å²) >= 11 is 0. The zero-order valence-electron chi connectivity index (χ0n) is 15.8. The van der Waals surface area contributed by atoms with Gasteiger partial charge in [0.05, 0.1) is 11.3 Å². The van der Waals surface area contributed by atoms with Gasteiger partial charge in [0.25, 0.3) is 0 Å². The van der Waals surface area contributed by atoms with E-state index in [1.807, 2.05) is 12.3 Å². The molecule has 1 fully saturated rings. The number of aromatic nitrogens is 1. The van der Waals surface area contributed by atoms with E-state index in [-0.39, 0.29) is 18.1 Å². The lowest BCUT2D eigenvalue weighted by Gasteiger charge is -2.47. The number of hydrogen-bond donors (Lipinski definition) is 0. The van der Waals surface area contributed by atoms with Crippen LogP contribution in [0.2, 0.25) is 0 Å². The van der Waals surface area contributed by atoms with Gasteiger partial charge in [0, 0.05) is 29.2 Å². The molecule has 2 aromatic carbocycles. The normalized spacial score (nSPS) is 18.8. The van der Waals surface area contributed by atoms with E-state index in [0.29, 0.717) is 6.61 Å². The molecule has 3 nitrogen and oxygen atoms in total. The lowest BCUT2D eigenvalue weighted by molar-refractivity contribution is -0.0937. The van der Waals surface area contributed by atoms with E-state index in [1.54, 1.807) is 0 Å². The molecule has 3 aromatic rings. The van der Waals surface area contributed by atoms with Gasteiger partial charge in [-0.05, 0) is 30.8 Å². The summed E-state index contributed by atoms with van der Waals surface area (Å²) in [6.07, 6.45) is 1.86. The summed E-state index contributed by atoms with van der Waals surface area (Å²) in [5.74, 6) is 0. The van der Waals surface area contributed by atoms with Crippen LogP contribution in [0.15, 0.2) is 60.8 Å². The molecule has 1 saturated heterocycles. The minimum absolute atomic E-state index is 0.0175. The molecule has 26 heavy (non-hydrogen) atoms. The highest BCUT2D eigenvalue weighted by molar-refractivity contribution is 6.61. The van der Waals surface area contributed by atoms with Gasteiger partial charge in [-0.15, -0.1) is 0 Å². The highest BCUT2D eigenvalue weighted by atomic mass is 16.6. The summed E-state index contributed by atoms with van der Waals surface area (Å²) in [6.45, 7) is 9.31. The Morgan fingerprint density at radius 1 is 0.923 bits per heavy atom. The summed E-state index contributed by atoms with van der Waals surface area (Å²) in [7, 11) is -0.326. The summed E-state index contributed by atoms with van der Waals surface area (Å²) < 4.78 is 12.2. The summed E-state index contributed by atoms with van der Waals surface area (Å²) in [6, 6.07) is 18.7. The molecule has 0 spiro atoms. The minimum atomic E-state index is -0.326. The van der Waals surface area contributed by atoms with Crippen molar-refractivity contribution in [2.45, 2.75) is 33.3 Å². The molecule has 0 saturated carbocycles. The van der Waals surface area contributed by atoms with Crippen molar-refractivity contribution in [2.24, 2.45) is 5.41 Å². The molecule has 0 bridgehead atoms. The first-order valence-electron chi connectivity index (χ1n) is 9.11. The van der Waals surface area contributed by atoms with Crippen molar-refractivity contribution >= 4 is 23.4 Å². The molecular weight excluding hydrogens is 321 g/mol. The second kappa shape index (κ2) is 6.22. The van der Waals surface area contributed by atoms with Crippen LogP contribution in [0.5, 0.6) is 0 Å². The van der Waals surface area contributed by atoms with Crippen LogP contribution in [0.25, 0.3) is 22.0 Å². The molecule has 4 rings (SSSR count). The van der Waals surface area contributed by atoms with Crippen LogP contribution in [0, 0.1) is 5.41 Å². The third kappa shape index (κ3) is 2.93. The molecule has 4 heteroatoms. The molecule has 1 aliphatic heterocycles. The lowest BCUT2D eigenvalue weighted by atomic mass is 9.69. The Morgan fingerprint density at radius 3 is 2.38 bits per heavy atom. The first-order chi connectivity index (χ1) is 12.4. The molecule has 1 aliphatic rings. The molecule has 1 aromatic heterocycles. The predicted molar refractivity (Wildman–Crippen MR) is 107 cm³/mol. The van der Waals surface area contributed by atoms with Crippen LogP contribution in [-0.2, 0) is 9.31 Å². The first-order valence-corrected chi connectivity index (χ1v) is 9.11. The molecule has 0 atom stereocenters. The summed E-state index contributed by atoms with van der Waals surface area (Å²) in [5, 5.41) is 2.36. The van der Waals surface area contributed by atoms with Crippen LogP contribution in [0.3, 0.4) is 0 Å². The molecule has 0 N–H and O–H groups in total. The van der Waals surface area contributed by atoms with Gasteiger partial charge in [-0.2, -0.15) is 0 Å². The van der Waals surface area contributed by atoms with E-state index < -0.39 is 0 Å². The van der Waals surface area contributed by atoms with E-state index in [4.69, 9.17) is 9.31 Å². The van der Waals surface area contributed by atoms with Gasteiger partial charge in [-0.1, -0.05) is 62.4 Å². The number of fused-ring (bicyclic) bond motifs is 1. The van der Waals surface area contributed by atoms with Crippen molar-refractivity contribution < 1.29 is 9.31 Å². The monoisotopic (exact) mass is 345 g/mol. The van der Waals surface area contributed by atoms with E-state index >= 15 is 0 Å². The number of benzene rings is 2. The van der Waals surface area contributed by atoms with E-state index in [9.17, 15) is 0 Å². The van der Waals surface area contributed by atoms with Crippen molar-refractivity contribution in [3.05, 3.63) is 60.8 Å². The zero-order chi connectivity index (χ0) is 18.4. The molecule has 2 heterocycles. The third-order valence-electron chi connectivity index (χ3n) is 5.76. The smallest absolute Gasteiger partial charge is 0.407 e. The maximum absolute atomic E-state index is 6.25. The van der Waals surface area contributed by atoms with Crippen LogP contribution in [0.1, 0.15) is 27.7 Å². The maximum Gasteiger partial charge on any atom is 0.494 e. The fourth-order valence-corrected chi connectivity index (χ4v) is 3.23. The minimum Gasteiger partial charge on any atom is -0.407 e. The SMILES string of the molecule is CC1(C)COB(c2ccc(-c3nccc4ccccc34)cc2)OC1(C)C. The summed E-state index contributed by atoms with van der Waals surface area (Å²) in [4.78, 5) is 4.60.